The van der Waals surface area contributed by atoms with E-state index in [1.54, 1.807) is 12.1 Å². The van der Waals surface area contributed by atoms with Gasteiger partial charge in [0.1, 0.15) is 0 Å². The van der Waals surface area contributed by atoms with Crippen molar-refractivity contribution in [2.24, 2.45) is 11.8 Å². The molecule has 1 aromatic rings. The monoisotopic (exact) mass is 270 g/mol. The minimum absolute atomic E-state index is 0.156. The first-order chi connectivity index (χ1) is 8.98. The molecule has 0 amide bonds. The van der Waals surface area contributed by atoms with Gasteiger partial charge >= 0.3 is 6.18 Å². The van der Waals surface area contributed by atoms with Gasteiger partial charge in [-0.15, -0.1) is 0 Å². The average molecular weight is 270 g/mol. The predicted molar refractivity (Wildman–Crippen MR) is 68.1 cm³/mol. The average Bonchev–Trinajstić information content (AvgIpc) is 2.92. The lowest BCUT2D eigenvalue weighted by Gasteiger charge is -2.29. The van der Waals surface area contributed by atoms with Gasteiger partial charge in [0.25, 0.3) is 0 Å². The highest BCUT2D eigenvalue weighted by Crippen LogP contribution is 2.42. The van der Waals surface area contributed by atoms with Crippen molar-refractivity contribution in [3.63, 3.8) is 0 Å². The number of hydrogen-bond donors (Lipinski definition) is 1. The van der Waals surface area contributed by atoms with Crippen LogP contribution in [-0.4, -0.2) is 25.7 Å². The van der Waals surface area contributed by atoms with Crippen LogP contribution in [0.1, 0.15) is 12.5 Å². The van der Waals surface area contributed by atoms with Crippen LogP contribution in [0.25, 0.3) is 0 Å². The maximum absolute atomic E-state index is 13.1. The van der Waals surface area contributed by atoms with Crippen LogP contribution < -0.4 is 10.2 Å². The van der Waals surface area contributed by atoms with Crippen molar-refractivity contribution in [1.82, 2.24) is 5.32 Å². The molecule has 3 unspecified atom stereocenters. The third-order valence-electron chi connectivity index (χ3n) is 4.45. The quantitative estimate of drug-likeness (QED) is 0.844. The molecular weight excluding hydrogens is 253 g/mol. The molecule has 3 atom stereocenters. The number of halogens is 3. The standard InChI is InChI=1S/C14H17F3N2/c1-9-11-7-18-6-10(11)8-19(9)13-5-3-2-4-12(13)14(15,16)17/h2-5,9-11,18H,6-8H2,1H3. The zero-order valence-electron chi connectivity index (χ0n) is 10.7. The lowest BCUT2D eigenvalue weighted by molar-refractivity contribution is -0.137. The number of rotatable bonds is 1. The lowest BCUT2D eigenvalue weighted by atomic mass is 9.95. The summed E-state index contributed by atoms with van der Waals surface area (Å²) in [6, 6.07) is 6.06. The molecule has 1 N–H and O–H groups in total. The second-order valence-electron chi connectivity index (χ2n) is 5.49. The maximum atomic E-state index is 13.1. The number of para-hydroxylation sites is 1. The van der Waals surface area contributed by atoms with Gasteiger partial charge in [-0.1, -0.05) is 12.1 Å². The number of fused-ring (bicyclic) bond motifs is 1. The zero-order valence-corrected chi connectivity index (χ0v) is 10.7. The Kier molecular flexibility index (Phi) is 2.96. The predicted octanol–water partition coefficient (Wildman–Crippen LogP) is 2.75. The van der Waals surface area contributed by atoms with Gasteiger partial charge in [-0.25, -0.2) is 0 Å². The van der Waals surface area contributed by atoms with Crippen molar-refractivity contribution in [2.45, 2.75) is 19.1 Å². The van der Waals surface area contributed by atoms with Crippen molar-refractivity contribution in [2.75, 3.05) is 24.5 Å². The van der Waals surface area contributed by atoms with Crippen LogP contribution in [0.5, 0.6) is 0 Å². The Bertz CT molecular complexity index is 472. The van der Waals surface area contributed by atoms with E-state index in [2.05, 4.69) is 5.32 Å². The van der Waals surface area contributed by atoms with Crippen molar-refractivity contribution in [3.05, 3.63) is 29.8 Å². The molecule has 2 heterocycles. The van der Waals surface area contributed by atoms with Gasteiger partial charge in [0.15, 0.2) is 0 Å². The maximum Gasteiger partial charge on any atom is 0.418 e. The largest absolute Gasteiger partial charge is 0.418 e. The molecule has 0 aliphatic carbocycles. The number of nitrogens with one attached hydrogen (secondary N) is 1. The van der Waals surface area contributed by atoms with E-state index in [1.807, 2.05) is 11.8 Å². The fourth-order valence-corrected chi connectivity index (χ4v) is 3.45. The molecule has 2 fully saturated rings. The molecule has 104 valence electrons. The van der Waals surface area contributed by atoms with E-state index < -0.39 is 11.7 Å². The van der Waals surface area contributed by atoms with Gasteiger partial charge in [-0.2, -0.15) is 13.2 Å². The smallest absolute Gasteiger partial charge is 0.368 e. The molecule has 2 aliphatic heterocycles. The Morgan fingerprint density at radius 2 is 1.95 bits per heavy atom. The Hall–Kier alpha value is -1.23. The van der Waals surface area contributed by atoms with Crippen LogP contribution in [0.15, 0.2) is 24.3 Å². The molecule has 0 bridgehead atoms. The molecule has 19 heavy (non-hydrogen) atoms. The van der Waals surface area contributed by atoms with Gasteiger partial charge in [-0.05, 0) is 30.9 Å². The first-order valence-electron chi connectivity index (χ1n) is 6.62. The highest BCUT2D eigenvalue weighted by Gasteiger charge is 2.44. The molecule has 1 aromatic carbocycles. The van der Waals surface area contributed by atoms with Gasteiger partial charge in [0.2, 0.25) is 0 Å². The second-order valence-corrected chi connectivity index (χ2v) is 5.49. The Morgan fingerprint density at radius 1 is 1.21 bits per heavy atom. The summed E-state index contributed by atoms with van der Waals surface area (Å²) in [5.74, 6) is 0.928. The summed E-state index contributed by atoms with van der Waals surface area (Å²) in [7, 11) is 0. The summed E-state index contributed by atoms with van der Waals surface area (Å²) in [6.07, 6.45) is -4.29. The van der Waals surface area contributed by atoms with E-state index >= 15 is 0 Å². The van der Waals surface area contributed by atoms with E-state index in [9.17, 15) is 13.2 Å². The minimum atomic E-state index is -4.29. The van der Waals surface area contributed by atoms with E-state index in [-0.39, 0.29) is 6.04 Å². The summed E-state index contributed by atoms with van der Waals surface area (Å²) < 4.78 is 39.2. The Morgan fingerprint density at radius 3 is 2.63 bits per heavy atom. The molecule has 5 heteroatoms. The minimum Gasteiger partial charge on any atom is -0.368 e. The number of benzene rings is 1. The summed E-state index contributed by atoms with van der Waals surface area (Å²) in [5.41, 5.74) is -0.188. The Labute approximate surface area is 110 Å². The molecular formula is C14H17F3N2. The van der Waals surface area contributed by atoms with Crippen LogP contribution in [0.4, 0.5) is 18.9 Å². The van der Waals surface area contributed by atoms with Gasteiger partial charge in [0.05, 0.1) is 5.56 Å². The van der Waals surface area contributed by atoms with Crippen molar-refractivity contribution >= 4 is 5.69 Å². The fourth-order valence-electron chi connectivity index (χ4n) is 3.45. The first kappa shape index (κ1) is 12.8. The summed E-state index contributed by atoms with van der Waals surface area (Å²) >= 11 is 0. The zero-order chi connectivity index (χ0) is 13.6. The second kappa shape index (κ2) is 4.40. The van der Waals surface area contributed by atoms with E-state index in [0.717, 1.165) is 13.1 Å². The van der Waals surface area contributed by atoms with Gasteiger partial charge < -0.3 is 10.2 Å². The third-order valence-corrected chi connectivity index (χ3v) is 4.45. The first-order valence-corrected chi connectivity index (χ1v) is 6.62. The van der Waals surface area contributed by atoms with Gasteiger partial charge in [0, 0.05) is 31.4 Å². The number of hydrogen-bond acceptors (Lipinski definition) is 2. The summed E-state index contributed by atoms with van der Waals surface area (Å²) in [4.78, 5) is 1.93. The van der Waals surface area contributed by atoms with E-state index in [4.69, 9.17) is 0 Å². The third kappa shape index (κ3) is 2.10. The number of alkyl halides is 3. The fraction of sp³-hybridized carbons (Fsp3) is 0.571. The summed E-state index contributed by atoms with van der Waals surface area (Å²) in [6.45, 7) is 4.58. The highest BCUT2D eigenvalue weighted by atomic mass is 19.4. The van der Waals surface area contributed by atoms with Crippen LogP contribution in [0.3, 0.4) is 0 Å². The van der Waals surface area contributed by atoms with Crippen molar-refractivity contribution in [3.8, 4) is 0 Å². The molecule has 0 saturated carbocycles. The normalized spacial score (nSPS) is 30.7. The van der Waals surface area contributed by atoms with Crippen LogP contribution >= 0.6 is 0 Å². The Balaban J connectivity index is 1.95. The van der Waals surface area contributed by atoms with Crippen molar-refractivity contribution in [1.29, 1.82) is 0 Å². The SMILES string of the molecule is CC1C2CNCC2CN1c1ccccc1C(F)(F)F. The van der Waals surface area contributed by atoms with Crippen LogP contribution in [-0.2, 0) is 6.18 Å². The molecule has 2 aliphatic rings. The van der Waals surface area contributed by atoms with Crippen LogP contribution in [0.2, 0.25) is 0 Å². The van der Waals surface area contributed by atoms with E-state index in [1.165, 1.54) is 12.1 Å². The number of nitrogens with zero attached hydrogens (tertiary/aromatic N) is 1. The molecule has 3 rings (SSSR count). The van der Waals surface area contributed by atoms with E-state index in [0.29, 0.717) is 24.1 Å². The molecule has 2 saturated heterocycles. The highest BCUT2D eigenvalue weighted by molar-refractivity contribution is 5.57. The molecule has 2 nitrogen and oxygen atoms in total. The molecule has 0 spiro atoms. The van der Waals surface area contributed by atoms with Crippen molar-refractivity contribution < 1.29 is 13.2 Å². The summed E-state index contributed by atoms with van der Waals surface area (Å²) in [5, 5.41) is 3.32. The molecule has 0 radical (unpaired) electrons. The number of anilines is 1. The lowest BCUT2D eigenvalue weighted by Crippen LogP contribution is -2.34. The van der Waals surface area contributed by atoms with Gasteiger partial charge in [-0.3, -0.25) is 0 Å². The van der Waals surface area contributed by atoms with Crippen LogP contribution in [0, 0.1) is 11.8 Å². The molecule has 0 aromatic heterocycles. The topological polar surface area (TPSA) is 15.3 Å².